The predicted octanol–water partition coefficient (Wildman–Crippen LogP) is 0.744. The summed E-state index contributed by atoms with van der Waals surface area (Å²) < 4.78 is 18.5. The van der Waals surface area contributed by atoms with Gasteiger partial charge in [-0.15, -0.1) is 0 Å². The largest absolute Gasteiger partial charge is 0.465 e. The SMILES string of the molecule is CCOC(=O)C(C)(C)S(=O)NC1CC1. The van der Waals surface area contributed by atoms with Gasteiger partial charge in [-0.1, -0.05) is 0 Å². The summed E-state index contributed by atoms with van der Waals surface area (Å²) in [7, 11) is -1.35. The maximum Gasteiger partial charge on any atom is 0.325 e. The first kappa shape index (κ1) is 11.7. The van der Waals surface area contributed by atoms with Gasteiger partial charge in [-0.2, -0.15) is 0 Å². The van der Waals surface area contributed by atoms with Gasteiger partial charge in [0.15, 0.2) is 4.75 Å². The van der Waals surface area contributed by atoms with E-state index in [0.717, 1.165) is 12.8 Å². The van der Waals surface area contributed by atoms with Gasteiger partial charge in [-0.3, -0.25) is 4.79 Å². The lowest BCUT2D eigenvalue weighted by Gasteiger charge is -2.21. The van der Waals surface area contributed by atoms with E-state index < -0.39 is 21.7 Å². The van der Waals surface area contributed by atoms with Gasteiger partial charge in [0, 0.05) is 6.04 Å². The molecule has 1 aliphatic rings. The third-order valence-electron chi connectivity index (χ3n) is 2.08. The summed E-state index contributed by atoms with van der Waals surface area (Å²) in [5, 5.41) is 0. The normalized spacial score (nSPS) is 19.1. The third-order valence-corrected chi connectivity index (χ3v) is 3.72. The van der Waals surface area contributed by atoms with Gasteiger partial charge < -0.3 is 4.74 Å². The second kappa shape index (κ2) is 4.40. The Hall–Kier alpha value is -0.420. The minimum atomic E-state index is -1.35. The summed E-state index contributed by atoms with van der Waals surface area (Å²) in [6.45, 7) is 5.33. The Kier molecular flexibility index (Phi) is 3.66. The van der Waals surface area contributed by atoms with Crippen molar-refractivity contribution >= 4 is 17.0 Å². The molecular weight excluding hydrogens is 202 g/mol. The molecule has 0 spiro atoms. The molecule has 0 saturated heterocycles. The lowest BCUT2D eigenvalue weighted by molar-refractivity contribution is -0.145. The van der Waals surface area contributed by atoms with Crippen LogP contribution in [0.5, 0.6) is 0 Å². The number of rotatable bonds is 5. The number of nitrogens with one attached hydrogen (secondary N) is 1. The highest BCUT2D eigenvalue weighted by Gasteiger charge is 2.38. The number of ether oxygens (including phenoxy) is 1. The lowest BCUT2D eigenvalue weighted by Crippen LogP contribution is -2.44. The maximum absolute atomic E-state index is 11.7. The Morgan fingerprint density at radius 1 is 1.57 bits per heavy atom. The van der Waals surface area contributed by atoms with Crippen molar-refractivity contribution in [2.75, 3.05) is 6.61 Å². The van der Waals surface area contributed by atoms with Crippen molar-refractivity contribution in [3.8, 4) is 0 Å². The number of hydrogen-bond acceptors (Lipinski definition) is 3. The van der Waals surface area contributed by atoms with E-state index in [9.17, 15) is 9.00 Å². The molecule has 0 aromatic carbocycles. The average molecular weight is 219 g/mol. The summed E-state index contributed by atoms with van der Waals surface area (Å²) in [5.41, 5.74) is 0. The predicted molar refractivity (Wildman–Crippen MR) is 55.0 cm³/mol. The summed E-state index contributed by atoms with van der Waals surface area (Å²) in [4.78, 5) is 11.5. The summed E-state index contributed by atoms with van der Waals surface area (Å²) in [5.74, 6) is -0.411. The molecule has 82 valence electrons. The van der Waals surface area contributed by atoms with Gasteiger partial charge in [0.2, 0.25) is 0 Å². The molecule has 1 unspecified atom stereocenters. The van der Waals surface area contributed by atoms with Crippen LogP contribution in [-0.2, 0) is 20.5 Å². The third kappa shape index (κ3) is 2.78. The zero-order valence-electron chi connectivity index (χ0n) is 8.83. The Labute approximate surface area is 87.0 Å². The molecule has 1 saturated carbocycles. The highest BCUT2D eigenvalue weighted by atomic mass is 32.2. The van der Waals surface area contributed by atoms with Crippen LogP contribution in [0.4, 0.5) is 0 Å². The van der Waals surface area contributed by atoms with Crippen LogP contribution in [0.25, 0.3) is 0 Å². The standard InChI is InChI=1S/C9H17NO3S/c1-4-13-8(11)9(2,3)14(12)10-7-5-6-7/h7,10H,4-6H2,1-3H3. The highest BCUT2D eigenvalue weighted by molar-refractivity contribution is 7.85. The molecule has 1 rings (SSSR count). The number of hydrogen-bond donors (Lipinski definition) is 1. The van der Waals surface area contributed by atoms with Crippen LogP contribution < -0.4 is 4.72 Å². The molecular formula is C9H17NO3S. The average Bonchev–Trinajstić information content (AvgIpc) is 2.88. The van der Waals surface area contributed by atoms with E-state index in [1.54, 1.807) is 20.8 Å². The molecule has 1 N–H and O–H groups in total. The molecule has 0 bridgehead atoms. The molecule has 0 heterocycles. The Morgan fingerprint density at radius 3 is 2.57 bits per heavy atom. The van der Waals surface area contributed by atoms with Crippen LogP contribution >= 0.6 is 0 Å². The van der Waals surface area contributed by atoms with Gasteiger partial charge in [-0.05, 0) is 33.6 Å². The highest BCUT2D eigenvalue weighted by Crippen LogP contribution is 2.22. The first-order valence-electron chi connectivity index (χ1n) is 4.83. The van der Waals surface area contributed by atoms with E-state index in [1.165, 1.54) is 0 Å². The van der Waals surface area contributed by atoms with Gasteiger partial charge >= 0.3 is 5.97 Å². The molecule has 1 fully saturated rings. The van der Waals surface area contributed by atoms with Crippen molar-refractivity contribution in [1.29, 1.82) is 0 Å². The Morgan fingerprint density at radius 2 is 2.14 bits per heavy atom. The summed E-state index contributed by atoms with van der Waals surface area (Å²) in [6.07, 6.45) is 2.09. The van der Waals surface area contributed by atoms with Crippen LogP contribution in [0.15, 0.2) is 0 Å². The molecule has 4 nitrogen and oxygen atoms in total. The zero-order chi connectivity index (χ0) is 10.8. The zero-order valence-corrected chi connectivity index (χ0v) is 9.65. The summed E-state index contributed by atoms with van der Waals surface area (Å²) >= 11 is 0. The van der Waals surface area contributed by atoms with Gasteiger partial charge in [0.1, 0.15) is 11.0 Å². The van der Waals surface area contributed by atoms with E-state index >= 15 is 0 Å². The molecule has 0 aromatic heterocycles. The van der Waals surface area contributed by atoms with Gasteiger partial charge in [-0.25, -0.2) is 8.93 Å². The maximum atomic E-state index is 11.7. The molecule has 0 radical (unpaired) electrons. The van der Waals surface area contributed by atoms with Crippen molar-refractivity contribution in [2.45, 2.75) is 44.4 Å². The van der Waals surface area contributed by atoms with E-state index in [2.05, 4.69) is 4.72 Å². The fraction of sp³-hybridized carbons (Fsp3) is 0.889. The number of carbonyl (C=O) groups is 1. The van der Waals surface area contributed by atoms with E-state index in [0.29, 0.717) is 12.6 Å². The van der Waals surface area contributed by atoms with Crippen LogP contribution in [0.3, 0.4) is 0 Å². The quantitative estimate of drug-likeness (QED) is 0.694. The number of carbonyl (C=O) groups excluding carboxylic acids is 1. The topological polar surface area (TPSA) is 55.4 Å². The van der Waals surface area contributed by atoms with Crippen molar-refractivity contribution in [3.05, 3.63) is 0 Å². The van der Waals surface area contributed by atoms with E-state index in [4.69, 9.17) is 4.74 Å². The minimum absolute atomic E-state index is 0.322. The Balaban J connectivity index is 2.52. The second-order valence-corrected chi connectivity index (χ2v) is 5.69. The first-order valence-corrected chi connectivity index (χ1v) is 5.98. The fourth-order valence-electron chi connectivity index (χ4n) is 0.880. The van der Waals surface area contributed by atoms with E-state index in [-0.39, 0.29) is 0 Å². The lowest BCUT2D eigenvalue weighted by atomic mass is 10.2. The van der Waals surface area contributed by atoms with E-state index in [1.807, 2.05) is 0 Å². The van der Waals surface area contributed by atoms with Crippen molar-refractivity contribution < 1.29 is 13.7 Å². The number of esters is 1. The molecule has 0 aromatic rings. The smallest absolute Gasteiger partial charge is 0.325 e. The van der Waals surface area contributed by atoms with Gasteiger partial charge in [0.05, 0.1) is 6.61 Å². The van der Waals surface area contributed by atoms with Crippen LogP contribution in [0.2, 0.25) is 0 Å². The van der Waals surface area contributed by atoms with Crippen molar-refractivity contribution in [1.82, 2.24) is 4.72 Å². The molecule has 0 amide bonds. The second-order valence-electron chi connectivity index (χ2n) is 3.89. The van der Waals surface area contributed by atoms with Crippen molar-refractivity contribution in [2.24, 2.45) is 0 Å². The van der Waals surface area contributed by atoms with Crippen LogP contribution in [0, 0.1) is 0 Å². The fourth-order valence-corrected chi connectivity index (χ4v) is 1.92. The minimum Gasteiger partial charge on any atom is -0.465 e. The van der Waals surface area contributed by atoms with Crippen molar-refractivity contribution in [3.63, 3.8) is 0 Å². The summed E-state index contributed by atoms with van der Waals surface area (Å²) in [6, 6.07) is 0.324. The van der Waals surface area contributed by atoms with Gasteiger partial charge in [0.25, 0.3) is 0 Å². The molecule has 1 aliphatic carbocycles. The molecule has 1 atom stereocenters. The molecule has 14 heavy (non-hydrogen) atoms. The van der Waals surface area contributed by atoms with Crippen LogP contribution in [-0.4, -0.2) is 27.6 Å². The molecule has 0 aliphatic heterocycles. The Bertz CT molecular complexity index is 248. The van der Waals surface area contributed by atoms with Crippen LogP contribution in [0.1, 0.15) is 33.6 Å². The first-order chi connectivity index (χ1) is 6.48. The monoisotopic (exact) mass is 219 g/mol. The molecule has 5 heteroatoms.